The van der Waals surface area contributed by atoms with Crippen LogP contribution in [0.1, 0.15) is 24.0 Å². The second-order valence-electron chi connectivity index (χ2n) is 5.22. The minimum absolute atomic E-state index is 0.188. The largest absolute Gasteiger partial charge is 0.475 e. The van der Waals surface area contributed by atoms with E-state index in [0.29, 0.717) is 23.8 Å². The average Bonchev–Trinajstić information content (AvgIpc) is 2.89. The van der Waals surface area contributed by atoms with Crippen molar-refractivity contribution in [2.75, 3.05) is 18.5 Å². The van der Waals surface area contributed by atoms with Crippen LogP contribution in [0.5, 0.6) is 0 Å². The predicted octanol–water partition coefficient (Wildman–Crippen LogP) is 2.16. The van der Waals surface area contributed by atoms with Gasteiger partial charge in [0.1, 0.15) is 5.82 Å². The maximum atomic E-state index is 11.1. The van der Waals surface area contributed by atoms with Gasteiger partial charge in [0.2, 0.25) is 5.82 Å². The Morgan fingerprint density at radius 3 is 2.95 bits per heavy atom. The Morgan fingerprint density at radius 2 is 2.24 bits per heavy atom. The van der Waals surface area contributed by atoms with E-state index < -0.39 is 5.97 Å². The van der Waals surface area contributed by atoms with Gasteiger partial charge in [0.25, 0.3) is 0 Å². The minimum atomic E-state index is -1.12. The van der Waals surface area contributed by atoms with Crippen molar-refractivity contribution < 1.29 is 14.6 Å². The van der Waals surface area contributed by atoms with Crippen LogP contribution in [-0.4, -0.2) is 40.3 Å². The molecule has 2 atom stereocenters. The Morgan fingerprint density at radius 1 is 1.43 bits per heavy atom. The highest BCUT2D eigenvalue weighted by atomic mass is 16.5. The first-order valence-corrected chi connectivity index (χ1v) is 7.00. The molecule has 2 aromatic rings. The first-order chi connectivity index (χ1) is 10.1. The average molecular weight is 287 g/mol. The number of rotatable bonds is 4. The van der Waals surface area contributed by atoms with E-state index in [9.17, 15) is 4.79 Å². The van der Waals surface area contributed by atoms with Gasteiger partial charge in [-0.15, -0.1) is 0 Å². The summed E-state index contributed by atoms with van der Waals surface area (Å²) < 4.78 is 5.54. The number of para-hydroxylation sites is 1. The fourth-order valence-electron chi connectivity index (χ4n) is 2.58. The molecular formula is C15H17N3O3. The van der Waals surface area contributed by atoms with Gasteiger partial charge >= 0.3 is 5.97 Å². The number of aromatic carboxylic acids is 1. The Hall–Kier alpha value is -2.21. The molecule has 1 saturated heterocycles. The Balaban J connectivity index is 1.90. The van der Waals surface area contributed by atoms with Crippen molar-refractivity contribution in [3.63, 3.8) is 0 Å². The molecule has 2 N–H and O–H groups in total. The van der Waals surface area contributed by atoms with Crippen molar-refractivity contribution in [3.8, 4) is 0 Å². The van der Waals surface area contributed by atoms with Crippen LogP contribution in [0.4, 0.5) is 5.82 Å². The third-order valence-electron chi connectivity index (χ3n) is 3.86. The van der Waals surface area contributed by atoms with Crippen LogP contribution in [0.15, 0.2) is 24.3 Å². The number of carbonyl (C=O) groups is 1. The number of ether oxygens (including phenoxy) is 1. The molecule has 6 nitrogen and oxygen atoms in total. The predicted molar refractivity (Wildman–Crippen MR) is 78.5 cm³/mol. The SMILES string of the molecule is CC1OCCC1CNc1nc(C(=O)O)nc2ccccc12. The van der Waals surface area contributed by atoms with Gasteiger partial charge in [-0.2, -0.15) is 0 Å². The lowest BCUT2D eigenvalue weighted by Crippen LogP contribution is -2.21. The van der Waals surface area contributed by atoms with E-state index in [0.717, 1.165) is 18.4 Å². The monoisotopic (exact) mass is 287 g/mol. The molecule has 0 radical (unpaired) electrons. The summed E-state index contributed by atoms with van der Waals surface area (Å²) in [5, 5.41) is 13.2. The van der Waals surface area contributed by atoms with E-state index in [2.05, 4.69) is 22.2 Å². The Labute approximate surface area is 122 Å². The zero-order chi connectivity index (χ0) is 14.8. The molecule has 6 heteroatoms. The van der Waals surface area contributed by atoms with Crippen LogP contribution >= 0.6 is 0 Å². The fraction of sp³-hybridized carbons (Fsp3) is 0.400. The van der Waals surface area contributed by atoms with Crippen molar-refractivity contribution in [2.45, 2.75) is 19.4 Å². The summed E-state index contributed by atoms with van der Waals surface area (Å²) in [4.78, 5) is 19.3. The van der Waals surface area contributed by atoms with Crippen LogP contribution in [0.3, 0.4) is 0 Å². The molecule has 1 aromatic carbocycles. The number of nitrogens with zero attached hydrogens (tertiary/aromatic N) is 2. The summed E-state index contributed by atoms with van der Waals surface area (Å²) in [6, 6.07) is 7.39. The zero-order valence-corrected chi connectivity index (χ0v) is 11.7. The highest BCUT2D eigenvalue weighted by Gasteiger charge is 2.24. The molecule has 0 spiro atoms. The first kappa shape index (κ1) is 13.8. The number of carboxylic acid groups (broad SMARTS) is 1. The molecule has 0 bridgehead atoms. The van der Waals surface area contributed by atoms with Gasteiger partial charge < -0.3 is 15.2 Å². The summed E-state index contributed by atoms with van der Waals surface area (Å²) >= 11 is 0. The van der Waals surface area contributed by atoms with Gasteiger partial charge in [-0.25, -0.2) is 14.8 Å². The van der Waals surface area contributed by atoms with Crippen LogP contribution in [0, 0.1) is 5.92 Å². The number of carboxylic acids is 1. The van der Waals surface area contributed by atoms with Crippen LogP contribution in [-0.2, 0) is 4.74 Å². The number of anilines is 1. The lowest BCUT2D eigenvalue weighted by Gasteiger charge is -2.16. The summed E-state index contributed by atoms with van der Waals surface area (Å²) in [6.07, 6.45) is 1.22. The number of fused-ring (bicyclic) bond motifs is 1. The van der Waals surface area contributed by atoms with Crippen molar-refractivity contribution in [3.05, 3.63) is 30.1 Å². The maximum absolute atomic E-state index is 11.1. The lowest BCUT2D eigenvalue weighted by atomic mass is 10.0. The third-order valence-corrected chi connectivity index (χ3v) is 3.86. The number of hydrogen-bond donors (Lipinski definition) is 2. The quantitative estimate of drug-likeness (QED) is 0.896. The zero-order valence-electron chi connectivity index (χ0n) is 11.7. The van der Waals surface area contributed by atoms with Gasteiger partial charge in [-0.3, -0.25) is 0 Å². The van der Waals surface area contributed by atoms with Crippen LogP contribution in [0.2, 0.25) is 0 Å². The van der Waals surface area contributed by atoms with E-state index in [-0.39, 0.29) is 11.9 Å². The number of nitrogens with one attached hydrogen (secondary N) is 1. The molecule has 1 aliphatic rings. The lowest BCUT2D eigenvalue weighted by molar-refractivity contribution is 0.0684. The highest BCUT2D eigenvalue weighted by molar-refractivity contribution is 5.93. The maximum Gasteiger partial charge on any atom is 0.374 e. The van der Waals surface area contributed by atoms with Gasteiger partial charge in [0.05, 0.1) is 11.6 Å². The first-order valence-electron chi connectivity index (χ1n) is 7.00. The molecule has 110 valence electrons. The van der Waals surface area contributed by atoms with Gasteiger partial charge in [0, 0.05) is 24.5 Å². The molecule has 2 heterocycles. The van der Waals surface area contributed by atoms with Crippen molar-refractivity contribution in [1.82, 2.24) is 9.97 Å². The van der Waals surface area contributed by atoms with Crippen molar-refractivity contribution in [1.29, 1.82) is 0 Å². The molecule has 1 aliphatic heterocycles. The molecule has 2 unspecified atom stereocenters. The van der Waals surface area contributed by atoms with Crippen LogP contribution < -0.4 is 5.32 Å². The molecule has 0 amide bonds. The summed E-state index contributed by atoms with van der Waals surface area (Å²) in [7, 11) is 0. The van der Waals surface area contributed by atoms with E-state index in [1.54, 1.807) is 6.07 Å². The number of benzene rings is 1. The van der Waals surface area contributed by atoms with Gasteiger partial charge in [-0.1, -0.05) is 12.1 Å². The summed E-state index contributed by atoms with van der Waals surface area (Å²) in [6.45, 7) is 3.54. The molecular weight excluding hydrogens is 270 g/mol. The molecule has 1 aromatic heterocycles. The van der Waals surface area contributed by atoms with E-state index in [4.69, 9.17) is 9.84 Å². The third kappa shape index (κ3) is 2.80. The van der Waals surface area contributed by atoms with E-state index in [1.807, 2.05) is 18.2 Å². The van der Waals surface area contributed by atoms with E-state index in [1.165, 1.54) is 0 Å². The highest BCUT2D eigenvalue weighted by Crippen LogP contribution is 2.24. The Bertz CT molecular complexity index is 674. The molecule has 3 rings (SSSR count). The van der Waals surface area contributed by atoms with Crippen molar-refractivity contribution >= 4 is 22.7 Å². The fourth-order valence-corrected chi connectivity index (χ4v) is 2.58. The topological polar surface area (TPSA) is 84.3 Å². The van der Waals surface area contributed by atoms with Gasteiger partial charge in [0.15, 0.2) is 0 Å². The van der Waals surface area contributed by atoms with E-state index >= 15 is 0 Å². The molecule has 1 fully saturated rings. The van der Waals surface area contributed by atoms with Crippen molar-refractivity contribution in [2.24, 2.45) is 5.92 Å². The summed E-state index contributed by atoms with van der Waals surface area (Å²) in [5.74, 6) is -0.336. The smallest absolute Gasteiger partial charge is 0.374 e. The Kier molecular flexibility index (Phi) is 3.70. The normalized spacial score (nSPS) is 21.6. The second-order valence-corrected chi connectivity index (χ2v) is 5.22. The molecule has 21 heavy (non-hydrogen) atoms. The standard InChI is InChI=1S/C15H17N3O3/c1-9-10(6-7-21-9)8-16-13-11-4-2-3-5-12(11)17-14(18-13)15(19)20/h2-5,9-10H,6-8H2,1H3,(H,19,20)(H,16,17,18). The molecule has 0 aliphatic carbocycles. The van der Waals surface area contributed by atoms with Gasteiger partial charge in [-0.05, 0) is 25.5 Å². The number of aromatic nitrogens is 2. The van der Waals surface area contributed by atoms with Crippen LogP contribution in [0.25, 0.3) is 10.9 Å². The summed E-state index contributed by atoms with van der Waals surface area (Å²) in [5.41, 5.74) is 0.628. The molecule has 0 saturated carbocycles. The number of hydrogen-bond acceptors (Lipinski definition) is 5. The second kappa shape index (κ2) is 5.65. The minimum Gasteiger partial charge on any atom is -0.475 e.